The van der Waals surface area contributed by atoms with Crippen LogP contribution < -0.4 is 5.32 Å². The molecular formula is C16H18N2O2. The average molecular weight is 270 g/mol. The highest BCUT2D eigenvalue weighted by Gasteiger charge is 2.36. The Hall–Kier alpha value is -2.10. The summed E-state index contributed by atoms with van der Waals surface area (Å²) in [5, 5.41) is 2.59. The summed E-state index contributed by atoms with van der Waals surface area (Å²) < 4.78 is 0. The number of allylic oxidation sites excluding steroid dienone is 1. The zero-order chi connectivity index (χ0) is 14.1. The molecule has 4 nitrogen and oxygen atoms in total. The molecule has 0 atom stereocenters. The third-order valence-corrected chi connectivity index (χ3v) is 4.16. The Bertz CT molecular complexity index is 567. The first-order valence-electron chi connectivity index (χ1n) is 7.02. The van der Waals surface area contributed by atoms with E-state index in [0.29, 0.717) is 5.56 Å². The largest absolute Gasteiger partial charge is 0.369 e. The number of rotatable bonds is 2. The molecule has 0 aromatic heterocycles. The van der Waals surface area contributed by atoms with Crippen molar-refractivity contribution in [2.75, 3.05) is 20.1 Å². The number of hydrogen-bond acceptors (Lipinski definition) is 3. The van der Waals surface area contributed by atoms with Crippen LogP contribution in [-0.2, 0) is 4.79 Å². The quantitative estimate of drug-likeness (QED) is 0.832. The topological polar surface area (TPSA) is 49.4 Å². The minimum atomic E-state index is -0.0965. The zero-order valence-electron chi connectivity index (χ0n) is 11.6. The van der Waals surface area contributed by atoms with Gasteiger partial charge in [-0.2, -0.15) is 0 Å². The number of benzene rings is 1. The lowest BCUT2D eigenvalue weighted by Gasteiger charge is -2.41. The molecule has 3 saturated heterocycles. The number of nitrogens with zero attached hydrogens (tertiary/aromatic N) is 1. The number of fused-ring (bicyclic) bond motifs is 3. The van der Waals surface area contributed by atoms with E-state index in [-0.39, 0.29) is 17.6 Å². The third kappa shape index (κ3) is 2.22. The second-order valence-electron chi connectivity index (χ2n) is 5.36. The fraction of sp³-hybridized carbons (Fsp3) is 0.375. The van der Waals surface area contributed by atoms with Crippen LogP contribution in [0.3, 0.4) is 0 Å². The third-order valence-electron chi connectivity index (χ3n) is 4.16. The van der Waals surface area contributed by atoms with Crippen molar-refractivity contribution in [3.8, 4) is 0 Å². The number of carbonyl (C=O) groups is 2. The smallest absolute Gasteiger partial charge is 0.251 e. The van der Waals surface area contributed by atoms with E-state index < -0.39 is 0 Å². The van der Waals surface area contributed by atoms with Gasteiger partial charge in [-0.25, -0.2) is 0 Å². The van der Waals surface area contributed by atoms with Crippen LogP contribution in [0.2, 0.25) is 0 Å². The summed E-state index contributed by atoms with van der Waals surface area (Å²) in [6.45, 7) is 1.97. The van der Waals surface area contributed by atoms with Crippen molar-refractivity contribution < 1.29 is 9.59 Å². The Labute approximate surface area is 118 Å². The number of ketones is 1. The van der Waals surface area contributed by atoms with Crippen molar-refractivity contribution in [3.63, 3.8) is 0 Å². The van der Waals surface area contributed by atoms with Gasteiger partial charge in [0.25, 0.3) is 5.91 Å². The monoisotopic (exact) mass is 270 g/mol. The number of piperidine rings is 3. The molecule has 0 aliphatic carbocycles. The van der Waals surface area contributed by atoms with E-state index >= 15 is 0 Å². The number of Topliss-reactive ketones (excluding diaryl/α,β-unsaturated/α-hetero) is 1. The Morgan fingerprint density at radius 1 is 1.25 bits per heavy atom. The van der Waals surface area contributed by atoms with Crippen molar-refractivity contribution in [2.45, 2.75) is 12.8 Å². The molecule has 1 aromatic rings. The standard InChI is InChI=1S/C16H18N2O2/c1-17-16(20)13-4-2-11(3-5-13)10-14-15(19)12-6-8-18(14)9-7-12/h2-5,10,12H,6-9H2,1H3,(H,17,20). The molecular weight excluding hydrogens is 252 g/mol. The molecule has 2 bridgehead atoms. The van der Waals surface area contributed by atoms with Gasteiger partial charge in [-0.3, -0.25) is 9.59 Å². The SMILES string of the molecule is CNC(=O)c1ccc(C=C2C(=O)C3CCN2CC3)cc1. The molecule has 3 aliphatic heterocycles. The molecule has 104 valence electrons. The van der Waals surface area contributed by atoms with E-state index in [9.17, 15) is 9.59 Å². The molecule has 1 amide bonds. The molecule has 20 heavy (non-hydrogen) atoms. The summed E-state index contributed by atoms with van der Waals surface area (Å²) in [7, 11) is 1.61. The predicted molar refractivity (Wildman–Crippen MR) is 77.1 cm³/mol. The first-order chi connectivity index (χ1) is 9.69. The molecule has 3 aliphatic rings. The summed E-state index contributed by atoms with van der Waals surface area (Å²) >= 11 is 0. The van der Waals surface area contributed by atoms with Crippen LogP contribution in [0.25, 0.3) is 6.08 Å². The molecule has 1 N–H and O–H groups in total. The average Bonchev–Trinajstić information content (AvgIpc) is 2.51. The molecule has 1 aromatic carbocycles. The fourth-order valence-electron chi connectivity index (χ4n) is 2.94. The van der Waals surface area contributed by atoms with Gasteiger partial charge < -0.3 is 10.2 Å². The van der Waals surface area contributed by atoms with Crippen LogP contribution in [0.5, 0.6) is 0 Å². The van der Waals surface area contributed by atoms with Gasteiger partial charge in [0.05, 0.1) is 5.70 Å². The Morgan fingerprint density at radius 2 is 1.90 bits per heavy atom. The fourth-order valence-corrected chi connectivity index (χ4v) is 2.94. The highest BCUT2D eigenvalue weighted by Crippen LogP contribution is 2.32. The van der Waals surface area contributed by atoms with Gasteiger partial charge in [-0.15, -0.1) is 0 Å². The van der Waals surface area contributed by atoms with Gasteiger partial charge in [0.2, 0.25) is 0 Å². The van der Waals surface area contributed by atoms with Crippen molar-refractivity contribution >= 4 is 17.8 Å². The van der Waals surface area contributed by atoms with Crippen LogP contribution in [0, 0.1) is 5.92 Å². The normalized spacial score (nSPS) is 20.6. The van der Waals surface area contributed by atoms with Gasteiger partial charge in [-0.1, -0.05) is 12.1 Å². The van der Waals surface area contributed by atoms with E-state index in [1.165, 1.54) is 0 Å². The van der Waals surface area contributed by atoms with Crippen LogP contribution in [-0.4, -0.2) is 36.7 Å². The van der Waals surface area contributed by atoms with Gasteiger partial charge in [-0.05, 0) is 36.6 Å². The van der Waals surface area contributed by atoms with Crippen LogP contribution in [0.15, 0.2) is 30.0 Å². The van der Waals surface area contributed by atoms with Crippen LogP contribution >= 0.6 is 0 Å². The predicted octanol–water partition coefficient (Wildman–Crippen LogP) is 1.68. The number of carbonyl (C=O) groups excluding carboxylic acids is 2. The Kier molecular flexibility index (Phi) is 3.30. The molecule has 4 rings (SSSR count). The second-order valence-corrected chi connectivity index (χ2v) is 5.36. The van der Waals surface area contributed by atoms with Crippen LogP contribution in [0.4, 0.5) is 0 Å². The molecule has 0 spiro atoms. The molecule has 3 heterocycles. The maximum absolute atomic E-state index is 12.2. The van der Waals surface area contributed by atoms with Gasteiger partial charge in [0.15, 0.2) is 5.78 Å². The van der Waals surface area contributed by atoms with Crippen molar-refractivity contribution in [2.24, 2.45) is 5.92 Å². The summed E-state index contributed by atoms with van der Waals surface area (Å²) in [6, 6.07) is 7.33. The molecule has 3 fully saturated rings. The number of amides is 1. The Balaban J connectivity index is 1.85. The van der Waals surface area contributed by atoms with Crippen molar-refractivity contribution in [3.05, 3.63) is 41.1 Å². The summed E-state index contributed by atoms with van der Waals surface area (Å²) in [6.07, 6.45) is 3.93. The first-order valence-corrected chi connectivity index (χ1v) is 7.02. The summed E-state index contributed by atoms with van der Waals surface area (Å²) in [5.41, 5.74) is 2.43. The van der Waals surface area contributed by atoms with Crippen molar-refractivity contribution in [1.82, 2.24) is 10.2 Å². The van der Waals surface area contributed by atoms with Crippen LogP contribution in [0.1, 0.15) is 28.8 Å². The lowest BCUT2D eigenvalue weighted by molar-refractivity contribution is -0.125. The van der Waals surface area contributed by atoms with E-state index in [1.54, 1.807) is 19.2 Å². The molecule has 0 radical (unpaired) electrons. The summed E-state index contributed by atoms with van der Waals surface area (Å²) in [4.78, 5) is 25.9. The molecule has 0 unspecified atom stereocenters. The van der Waals surface area contributed by atoms with Crippen molar-refractivity contribution in [1.29, 1.82) is 0 Å². The van der Waals surface area contributed by atoms with E-state index in [1.807, 2.05) is 18.2 Å². The maximum atomic E-state index is 12.2. The summed E-state index contributed by atoms with van der Waals surface area (Å²) in [5.74, 6) is 0.398. The lowest BCUT2D eigenvalue weighted by Crippen LogP contribution is -2.45. The van der Waals surface area contributed by atoms with Gasteiger partial charge in [0, 0.05) is 31.6 Å². The first kappa shape index (κ1) is 12.9. The van der Waals surface area contributed by atoms with E-state index in [0.717, 1.165) is 37.2 Å². The minimum absolute atomic E-state index is 0.0965. The highest BCUT2D eigenvalue weighted by molar-refractivity contribution is 6.02. The molecule has 4 heteroatoms. The zero-order valence-corrected chi connectivity index (χ0v) is 11.6. The maximum Gasteiger partial charge on any atom is 0.251 e. The van der Waals surface area contributed by atoms with E-state index in [4.69, 9.17) is 0 Å². The lowest BCUT2D eigenvalue weighted by atomic mass is 9.84. The second kappa shape index (κ2) is 5.12. The molecule has 0 saturated carbocycles. The number of hydrogen-bond donors (Lipinski definition) is 1. The Morgan fingerprint density at radius 3 is 2.45 bits per heavy atom. The van der Waals surface area contributed by atoms with E-state index in [2.05, 4.69) is 10.2 Å². The minimum Gasteiger partial charge on any atom is -0.369 e. The number of nitrogens with one attached hydrogen (secondary N) is 1. The highest BCUT2D eigenvalue weighted by atomic mass is 16.1. The van der Waals surface area contributed by atoms with Gasteiger partial charge >= 0.3 is 0 Å². The van der Waals surface area contributed by atoms with Gasteiger partial charge in [0.1, 0.15) is 0 Å².